The van der Waals surface area contributed by atoms with Crippen LogP contribution in [0.4, 0.5) is 0 Å². The number of hydrogen-bond donors (Lipinski definition) is 1. The lowest BCUT2D eigenvalue weighted by molar-refractivity contribution is 0.0930. The molecule has 0 aromatic carbocycles. The molecule has 20 heavy (non-hydrogen) atoms. The summed E-state index contributed by atoms with van der Waals surface area (Å²) in [5, 5.41) is 2.97. The second kappa shape index (κ2) is 6.05. The molecule has 2 heterocycles. The normalized spacial score (nSPS) is 13.1. The second-order valence-corrected chi connectivity index (χ2v) is 5.58. The standard InChI is InChI=1S/C15H22N4O/c1-11(2)13(18(3)4)9-16-15(20)12-10-19-8-6-5-7-14(19)17-12/h5-8,10-11,13H,9H2,1-4H3,(H,16,20). The minimum Gasteiger partial charge on any atom is -0.349 e. The van der Waals surface area contributed by atoms with E-state index in [1.165, 1.54) is 0 Å². The van der Waals surface area contributed by atoms with E-state index in [1.54, 1.807) is 6.20 Å². The fourth-order valence-corrected chi connectivity index (χ4v) is 2.35. The van der Waals surface area contributed by atoms with E-state index in [4.69, 9.17) is 0 Å². The minimum absolute atomic E-state index is 0.124. The molecule has 0 aliphatic heterocycles. The van der Waals surface area contributed by atoms with Gasteiger partial charge < -0.3 is 14.6 Å². The highest BCUT2D eigenvalue weighted by Gasteiger charge is 2.18. The van der Waals surface area contributed by atoms with Crippen molar-refractivity contribution in [2.24, 2.45) is 5.92 Å². The van der Waals surface area contributed by atoms with Gasteiger partial charge in [-0.25, -0.2) is 4.98 Å². The molecule has 0 fully saturated rings. The number of likely N-dealkylation sites (N-methyl/N-ethyl adjacent to an activating group) is 1. The highest BCUT2D eigenvalue weighted by atomic mass is 16.1. The second-order valence-electron chi connectivity index (χ2n) is 5.58. The van der Waals surface area contributed by atoms with E-state index in [0.29, 0.717) is 24.2 Å². The van der Waals surface area contributed by atoms with Crippen molar-refractivity contribution in [3.05, 3.63) is 36.3 Å². The summed E-state index contributed by atoms with van der Waals surface area (Å²) in [6, 6.07) is 6.02. The molecule has 2 rings (SSSR count). The van der Waals surface area contributed by atoms with Gasteiger partial charge in [0.25, 0.3) is 5.91 Å². The Balaban J connectivity index is 2.04. The average Bonchev–Trinajstić information content (AvgIpc) is 2.81. The van der Waals surface area contributed by atoms with Gasteiger partial charge in [0.15, 0.2) is 0 Å². The third-order valence-electron chi connectivity index (χ3n) is 3.50. The van der Waals surface area contributed by atoms with Gasteiger partial charge in [-0.05, 0) is 32.1 Å². The van der Waals surface area contributed by atoms with E-state index in [1.807, 2.05) is 42.9 Å². The topological polar surface area (TPSA) is 49.6 Å². The average molecular weight is 274 g/mol. The van der Waals surface area contributed by atoms with Crippen LogP contribution in [0.5, 0.6) is 0 Å². The molecule has 0 saturated carbocycles. The first-order valence-electron chi connectivity index (χ1n) is 6.87. The fourth-order valence-electron chi connectivity index (χ4n) is 2.35. The molecule has 1 atom stereocenters. The summed E-state index contributed by atoms with van der Waals surface area (Å²) >= 11 is 0. The van der Waals surface area contributed by atoms with E-state index in [-0.39, 0.29) is 5.91 Å². The van der Waals surface area contributed by atoms with Crippen LogP contribution in [0.1, 0.15) is 24.3 Å². The number of amides is 1. The molecule has 0 radical (unpaired) electrons. The lowest BCUT2D eigenvalue weighted by Gasteiger charge is -2.27. The lowest BCUT2D eigenvalue weighted by atomic mass is 10.0. The van der Waals surface area contributed by atoms with Crippen LogP contribution in [0.25, 0.3) is 5.65 Å². The van der Waals surface area contributed by atoms with Gasteiger partial charge in [-0.3, -0.25) is 4.79 Å². The van der Waals surface area contributed by atoms with Crippen LogP contribution in [-0.2, 0) is 0 Å². The third kappa shape index (κ3) is 3.17. The van der Waals surface area contributed by atoms with Crippen molar-refractivity contribution in [2.45, 2.75) is 19.9 Å². The first-order chi connectivity index (χ1) is 9.49. The Bertz CT molecular complexity index is 547. The maximum atomic E-state index is 12.2. The van der Waals surface area contributed by atoms with E-state index >= 15 is 0 Å². The Kier molecular flexibility index (Phi) is 4.39. The molecule has 1 N–H and O–H groups in total. The summed E-state index contributed by atoms with van der Waals surface area (Å²) in [5.74, 6) is 0.354. The number of fused-ring (bicyclic) bond motifs is 1. The molecule has 5 heteroatoms. The van der Waals surface area contributed by atoms with E-state index < -0.39 is 0 Å². The molecular formula is C15H22N4O. The van der Waals surface area contributed by atoms with Crippen LogP contribution in [0.15, 0.2) is 30.6 Å². The maximum absolute atomic E-state index is 12.2. The summed E-state index contributed by atoms with van der Waals surface area (Å²) in [5.41, 5.74) is 1.24. The summed E-state index contributed by atoms with van der Waals surface area (Å²) < 4.78 is 1.85. The van der Waals surface area contributed by atoms with Crippen molar-refractivity contribution in [2.75, 3.05) is 20.6 Å². The highest BCUT2D eigenvalue weighted by molar-refractivity contribution is 5.92. The van der Waals surface area contributed by atoms with E-state index in [9.17, 15) is 4.79 Å². The van der Waals surface area contributed by atoms with Crippen LogP contribution in [0.2, 0.25) is 0 Å². The summed E-state index contributed by atoms with van der Waals surface area (Å²) in [6.45, 7) is 4.93. The van der Waals surface area contributed by atoms with Crippen molar-refractivity contribution in [1.82, 2.24) is 19.6 Å². The first kappa shape index (κ1) is 14.5. The molecule has 2 aromatic heterocycles. The van der Waals surface area contributed by atoms with Gasteiger partial charge >= 0.3 is 0 Å². The number of hydrogen-bond acceptors (Lipinski definition) is 3. The van der Waals surface area contributed by atoms with Gasteiger partial charge in [-0.1, -0.05) is 19.9 Å². The van der Waals surface area contributed by atoms with Crippen LogP contribution in [0, 0.1) is 5.92 Å². The molecule has 5 nitrogen and oxygen atoms in total. The van der Waals surface area contributed by atoms with Gasteiger partial charge in [0.1, 0.15) is 11.3 Å². The Morgan fingerprint density at radius 3 is 2.75 bits per heavy atom. The summed E-state index contributed by atoms with van der Waals surface area (Å²) in [6.07, 6.45) is 3.64. The van der Waals surface area contributed by atoms with Crippen LogP contribution in [-0.4, -0.2) is 46.9 Å². The number of rotatable bonds is 5. The van der Waals surface area contributed by atoms with Crippen molar-refractivity contribution >= 4 is 11.6 Å². The van der Waals surface area contributed by atoms with Gasteiger partial charge in [-0.15, -0.1) is 0 Å². The quantitative estimate of drug-likeness (QED) is 0.902. The summed E-state index contributed by atoms with van der Waals surface area (Å²) in [4.78, 5) is 18.6. The van der Waals surface area contributed by atoms with Crippen molar-refractivity contribution in [1.29, 1.82) is 0 Å². The Hall–Kier alpha value is -1.88. The molecule has 0 aliphatic rings. The van der Waals surface area contributed by atoms with Crippen molar-refractivity contribution in [3.8, 4) is 0 Å². The zero-order valence-electron chi connectivity index (χ0n) is 12.5. The molecule has 2 aromatic rings. The number of carbonyl (C=O) groups is 1. The number of nitrogens with zero attached hydrogens (tertiary/aromatic N) is 3. The van der Waals surface area contributed by atoms with Gasteiger partial charge in [0.2, 0.25) is 0 Å². The fraction of sp³-hybridized carbons (Fsp3) is 0.467. The third-order valence-corrected chi connectivity index (χ3v) is 3.50. The van der Waals surface area contributed by atoms with Crippen LogP contribution >= 0.6 is 0 Å². The predicted octanol–water partition coefficient (Wildman–Crippen LogP) is 1.65. The molecule has 108 valence electrons. The van der Waals surface area contributed by atoms with Crippen LogP contribution < -0.4 is 5.32 Å². The van der Waals surface area contributed by atoms with Crippen molar-refractivity contribution < 1.29 is 4.79 Å². The van der Waals surface area contributed by atoms with Gasteiger partial charge in [0, 0.05) is 25.0 Å². The first-order valence-corrected chi connectivity index (χ1v) is 6.87. The number of carbonyl (C=O) groups excluding carboxylic acids is 1. The van der Waals surface area contributed by atoms with Gasteiger partial charge in [0.05, 0.1) is 0 Å². The Labute approximate surface area is 119 Å². The van der Waals surface area contributed by atoms with Gasteiger partial charge in [-0.2, -0.15) is 0 Å². The summed E-state index contributed by atoms with van der Waals surface area (Å²) in [7, 11) is 4.06. The predicted molar refractivity (Wildman–Crippen MR) is 79.8 cm³/mol. The van der Waals surface area contributed by atoms with Crippen molar-refractivity contribution in [3.63, 3.8) is 0 Å². The van der Waals surface area contributed by atoms with E-state index in [0.717, 1.165) is 5.65 Å². The smallest absolute Gasteiger partial charge is 0.271 e. The SMILES string of the molecule is CC(C)C(CNC(=O)c1cn2ccccc2n1)N(C)C. The number of pyridine rings is 1. The highest BCUT2D eigenvalue weighted by Crippen LogP contribution is 2.07. The Morgan fingerprint density at radius 2 is 2.15 bits per heavy atom. The monoisotopic (exact) mass is 274 g/mol. The zero-order chi connectivity index (χ0) is 14.7. The van der Waals surface area contributed by atoms with E-state index in [2.05, 4.69) is 29.0 Å². The number of nitrogens with one attached hydrogen (secondary N) is 1. The zero-order valence-corrected chi connectivity index (χ0v) is 12.5. The molecule has 0 saturated heterocycles. The molecule has 0 bridgehead atoms. The van der Waals surface area contributed by atoms with Crippen LogP contribution in [0.3, 0.4) is 0 Å². The molecule has 1 unspecified atom stereocenters. The minimum atomic E-state index is -0.124. The Morgan fingerprint density at radius 1 is 1.40 bits per heavy atom. The molecule has 0 spiro atoms. The molecular weight excluding hydrogens is 252 g/mol. The molecule has 0 aliphatic carbocycles. The molecule has 1 amide bonds. The largest absolute Gasteiger partial charge is 0.349 e. The number of imidazole rings is 1. The lowest BCUT2D eigenvalue weighted by Crippen LogP contribution is -2.43. The maximum Gasteiger partial charge on any atom is 0.271 e. The number of aromatic nitrogens is 2.